The van der Waals surface area contributed by atoms with Crippen molar-refractivity contribution in [3.8, 4) is 5.75 Å². The second-order valence-electron chi connectivity index (χ2n) is 7.15. The second kappa shape index (κ2) is 6.61. The molecule has 136 valence electrons. The van der Waals surface area contributed by atoms with E-state index in [1.54, 1.807) is 25.4 Å². The van der Waals surface area contributed by atoms with Gasteiger partial charge in [0.1, 0.15) is 11.6 Å². The van der Waals surface area contributed by atoms with E-state index in [9.17, 15) is 9.90 Å². The molecule has 1 fully saturated rings. The SMILES string of the molecule is CNC(=O)c1cccnc1N1CC2COc3ccccc3CC2(CO)C1. The summed E-state index contributed by atoms with van der Waals surface area (Å²) < 4.78 is 6.03. The molecule has 2 aromatic rings. The van der Waals surface area contributed by atoms with E-state index in [2.05, 4.69) is 21.3 Å². The number of ether oxygens (including phenoxy) is 1. The van der Waals surface area contributed by atoms with Crippen LogP contribution in [0.15, 0.2) is 42.6 Å². The third-order valence-electron chi connectivity index (χ3n) is 5.64. The molecule has 0 aliphatic carbocycles. The lowest BCUT2D eigenvalue weighted by molar-refractivity contribution is 0.0816. The van der Waals surface area contributed by atoms with Gasteiger partial charge >= 0.3 is 0 Å². The molecular weight excluding hydrogens is 330 g/mol. The maximum absolute atomic E-state index is 12.2. The number of fused-ring (bicyclic) bond motifs is 2. The summed E-state index contributed by atoms with van der Waals surface area (Å²) in [4.78, 5) is 18.8. The molecule has 3 heterocycles. The van der Waals surface area contributed by atoms with Crippen LogP contribution in [0.25, 0.3) is 0 Å². The Labute approximate surface area is 152 Å². The number of anilines is 1. The summed E-state index contributed by atoms with van der Waals surface area (Å²) in [5.74, 6) is 1.59. The molecule has 0 spiro atoms. The van der Waals surface area contributed by atoms with Crippen molar-refractivity contribution in [2.45, 2.75) is 6.42 Å². The number of nitrogens with zero attached hydrogens (tertiary/aromatic N) is 2. The lowest BCUT2D eigenvalue weighted by Gasteiger charge is -2.30. The van der Waals surface area contributed by atoms with Crippen LogP contribution >= 0.6 is 0 Å². The average Bonchev–Trinajstić information content (AvgIpc) is 2.97. The number of rotatable bonds is 3. The highest BCUT2D eigenvalue weighted by molar-refractivity contribution is 5.98. The monoisotopic (exact) mass is 353 g/mol. The van der Waals surface area contributed by atoms with Gasteiger partial charge in [0, 0.05) is 37.7 Å². The van der Waals surface area contributed by atoms with E-state index in [1.165, 1.54) is 0 Å². The molecule has 1 saturated heterocycles. The van der Waals surface area contributed by atoms with Crippen molar-refractivity contribution in [1.82, 2.24) is 10.3 Å². The minimum absolute atomic E-state index is 0.0774. The van der Waals surface area contributed by atoms with E-state index in [-0.39, 0.29) is 23.8 Å². The molecule has 1 aromatic carbocycles. The van der Waals surface area contributed by atoms with Gasteiger partial charge < -0.3 is 20.1 Å². The fraction of sp³-hybridized carbons (Fsp3) is 0.400. The number of carbonyl (C=O) groups is 1. The number of aromatic nitrogens is 1. The number of benzene rings is 1. The quantitative estimate of drug-likeness (QED) is 0.875. The van der Waals surface area contributed by atoms with Crippen molar-refractivity contribution < 1.29 is 14.6 Å². The summed E-state index contributed by atoms with van der Waals surface area (Å²) in [6.45, 7) is 1.98. The molecule has 4 rings (SSSR count). The molecule has 2 aliphatic heterocycles. The van der Waals surface area contributed by atoms with Gasteiger partial charge in [-0.25, -0.2) is 4.98 Å². The van der Waals surface area contributed by atoms with E-state index < -0.39 is 0 Å². The second-order valence-corrected chi connectivity index (χ2v) is 7.15. The van der Waals surface area contributed by atoms with E-state index in [0.29, 0.717) is 31.1 Å². The Kier molecular flexibility index (Phi) is 4.28. The smallest absolute Gasteiger partial charge is 0.254 e. The number of hydrogen-bond donors (Lipinski definition) is 2. The van der Waals surface area contributed by atoms with Crippen LogP contribution in [0.2, 0.25) is 0 Å². The van der Waals surface area contributed by atoms with E-state index >= 15 is 0 Å². The third-order valence-corrected chi connectivity index (χ3v) is 5.64. The van der Waals surface area contributed by atoms with Crippen molar-refractivity contribution >= 4 is 11.7 Å². The van der Waals surface area contributed by atoms with Gasteiger partial charge in [0.05, 0.1) is 18.8 Å². The first-order valence-corrected chi connectivity index (χ1v) is 8.90. The van der Waals surface area contributed by atoms with Crippen LogP contribution in [0.5, 0.6) is 5.75 Å². The normalized spacial score (nSPS) is 24.2. The standard InChI is InChI=1S/C20H23N3O3/c1-21-19(25)16-6-4-8-22-18(16)23-10-15-11-26-17-7-3-2-5-14(17)9-20(15,12-23)13-24/h2-8,15,24H,9-13H2,1H3,(H,21,25). The van der Waals surface area contributed by atoms with Gasteiger partial charge in [-0.2, -0.15) is 0 Å². The summed E-state index contributed by atoms with van der Waals surface area (Å²) in [6.07, 6.45) is 2.45. The molecule has 0 bridgehead atoms. The van der Waals surface area contributed by atoms with Crippen molar-refractivity contribution in [3.05, 3.63) is 53.7 Å². The first-order chi connectivity index (χ1) is 12.7. The van der Waals surface area contributed by atoms with Crippen molar-refractivity contribution in [3.63, 3.8) is 0 Å². The van der Waals surface area contributed by atoms with Gasteiger partial charge in [0.15, 0.2) is 0 Å². The average molecular weight is 353 g/mol. The maximum Gasteiger partial charge on any atom is 0.254 e. The molecule has 1 amide bonds. The molecular formula is C20H23N3O3. The lowest BCUT2D eigenvalue weighted by Crippen LogP contribution is -2.38. The molecule has 1 aromatic heterocycles. The zero-order valence-corrected chi connectivity index (χ0v) is 14.8. The van der Waals surface area contributed by atoms with Crippen LogP contribution in [-0.2, 0) is 6.42 Å². The molecule has 2 N–H and O–H groups in total. The molecule has 2 atom stereocenters. The molecule has 6 heteroatoms. The van der Waals surface area contributed by atoms with Crippen LogP contribution < -0.4 is 15.0 Å². The van der Waals surface area contributed by atoms with E-state index in [0.717, 1.165) is 17.7 Å². The zero-order chi connectivity index (χ0) is 18.1. The molecule has 26 heavy (non-hydrogen) atoms. The van der Waals surface area contributed by atoms with Gasteiger partial charge in [-0.1, -0.05) is 18.2 Å². The Morgan fingerprint density at radius 3 is 3.04 bits per heavy atom. The van der Waals surface area contributed by atoms with Gasteiger partial charge in [0.25, 0.3) is 5.91 Å². The fourth-order valence-corrected chi connectivity index (χ4v) is 4.18. The number of amides is 1. The number of hydrogen-bond acceptors (Lipinski definition) is 5. The van der Waals surface area contributed by atoms with Gasteiger partial charge in [-0.15, -0.1) is 0 Å². The van der Waals surface area contributed by atoms with Gasteiger partial charge in [0.2, 0.25) is 0 Å². The molecule has 6 nitrogen and oxygen atoms in total. The predicted octanol–water partition coefficient (Wildman–Crippen LogP) is 1.49. The summed E-state index contributed by atoms with van der Waals surface area (Å²) in [5.41, 5.74) is 1.38. The third kappa shape index (κ3) is 2.70. The minimum Gasteiger partial charge on any atom is -0.493 e. The van der Waals surface area contributed by atoms with Crippen molar-refractivity contribution in [2.24, 2.45) is 11.3 Å². The number of nitrogens with one attached hydrogen (secondary N) is 1. The predicted molar refractivity (Wildman–Crippen MR) is 98.5 cm³/mol. The minimum atomic E-state index is -0.302. The maximum atomic E-state index is 12.2. The topological polar surface area (TPSA) is 74.7 Å². The zero-order valence-electron chi connectivity index (χ0n) is 14.8. The Balaban J connectivity index is 1.68. The van der Waals surface area contributed by atoms with Crippen LogP contribution in [-0.4, -0.2) is 49.3 Å². The largest absolute Gasteiger partial charge is 0.493 e. The molecule has 0 saturated carbocycles. The molecule has 0 radical (unpaired) electrons. The Hall–Kier alpha value is -2.60. The molecule has 2 aliphatic rings. The number of aliphatic hydroxyl groups excluding tert-OH is 1. The first kappa shape index (κ1) is 16.8. The van der Waals surface area contributed by atoms with Crippen LogP contribution in [0, 0.1) is 11.3 Å². The van der Waals surface area contributed by atoms with Gasteiger partial charge in [-0.3, -0.25) is 4.79 Å². The first-order valence-electron chi connectivity index (χ1n) is 8.90. The van der Waals surface area contributed by atoms with Crippen LogP contribution in [0.1, 0.15) is 15.9 Å². The van der Waals surface area contributed by atoms with Crippen molar-refractivity contribution in [2.75, 3.05) is 38.3 Å². The van der Waals surface area contributed by atoms with Crippen molar-refractivity contribution in [1.29, 1.82) is 0 Å². The fourth-order valence-electron chi connectivity index (χ4n) is 4.18. The van der Waals surface area contributed by atoms with Crippen LogP contribution in [0.3, 0.4) is 0 Å². The van der Waals surface area contributed by atoms with E-state index in [4.69, 9.17) is 4.74 Å². The number of aliphatic hydroxyl groups is 1. The number of para-hydroxylation sites is 1. The summed E-state index contributed by atoms with van der Waals surface area (Å²) in [6, 6.07) is 11.6. The molecule has 2 unspecified atom stereocenters. The Morgan fingerprint density at radius 2 is 2.23 bits per heavy atom. The van der Waals surface area contributed by atoms with E-state index in [1.807, 2.05) is 18.2 Å². The highest BCUT2D eigenvalue weighted by atomic mass is 16.5. The lowest BCUT2D eigenvalue weighted by atomic mass is 9.75. The summed E-state index contributed by atoms with van der Waals surface area (Å²) in [5, 5.41) is 13.0. The summed E-state index contributed by atoms with van der Waals surface area (Å²) in [7, 11) is 1.62. The highest BCUT2D eigenvalue weighted by Crippen LogP contribution is 2.44. The number of carbonyl (C=O) groups excluding carboxylic acids is 1. The van der Waals surface area contributed by atoms with Gasteiger partial charge in [-0.05, 0) is 30.2 Å². The van der Waals surface area contributed by atoms with Crippen LogP contribution in [0.4, 0.5) is 5.82 Å². The Morgan fingerprint density at radius 1 is 1.38 bits per heavy atom. The highest BCUT2D eigenvalue weighted by Gasteiger charge is 2.49. The Bertz CT molecular complexity index is 825. The number of pyridine rings is 1. The summed E-state index contributed by atoms with van der Waals surface area (Å²) >= 11 is 0.